The second-order valence-corrected chi connectivity index (χ2v) is 7.85. The molecule has 2 aromatic rings. The van der Waals surface area contributed by atoms with Gasteiger partial charge >= 0.3 is 12.0 Å². The molecule has 8 nitrogen and oxygen atoms in total. The number of aromatic carboxylic acids is 1. The summed E-state index contributed by atoms with van der Waals surface area (Å²) in [5, 5.41) is 11.8. The fourth-order valence-corrected chi connectivity index (χ4v) is 4.04. The molecule has 3 amide bonds. The zero-order valence-corrected chi connectivity index (χ0v) is 17.4. The molecule has 4 rings (SSSR count). The van der Waals surface area contributed by atoms with Crippen LogP contribution in [0.25, 0.3) is 0 Å². The van der Waals surface area contributed by atoms with E-state index in [1.807, 2.05) is 29.2 Å². The van der Waals surface area contributed by atoms with Gasteiger partial charge in [0.1, 0.15) is 0 Å². The quantitative estimate of drug-likeness (QED) is 0.556. The topological polar surface area (TPSA) is 107 Å². The fourth-order valence-electron chi connectivity index (χ4n) is 4.04. The Morgan fingerprint density at radius 1 is 0.938 bits per heavy atom. The smallest absolute Gasteiger partial charge is 0.335 e. The number of hydrogen-bond acceptors (Lipinski definition) is 4. The van der Waals surface area contributed by atoms with Gasteiger partial charge in [-0.2, -0.15) is 0 Å². The van der Waals surface area contributed by atoms with Crippen molar-refractivity contribution in [2.75, 3.05) is 18.4 Å². The summed E-state index contributed by atoms with van der Waals surface area (Å²) < 4.78 is 0. The van der Waals surface area contributed by atoms with E-state index in [1.165, 1.54) is 36.4 Å². The van der Waals surface area contributed by atoms with Gasteiger partial charge in [-0.3, -0.25) is 9.59 Å². The molecule has 0 bridgehead atoms. The van der Waals surface area contributed by atoms with E-state index < -0.39 is 5.97 Å². The second-order valence-electron chi connectivity index (χ2n) is 7.85. The van der Waals surface area contributed by atoms with Crippen LogP contribution >= 0.6 is 0 Å². The van der Waals surface area contributed by atoms with E-state index in [9.17, 15) is 19.2 Å². The van der Waals surface area contributed by atoms with Crippen LogP contribution in [-0.4, -0.2) is 57.7 Å². The van der Waals surface area contributed by atoms with Crippen LogP contribution in [-0.2, 0) is 11.3 Å². The Labute approximate surface area is 185 Å². The van der Waals surface area contributed by atoms with Crippen LogP contribution in [0, 0.1) is 0 Å². The Hall–Kier alpha value is -3.94. The van der Waals surface area contributed by atoms with E-state index in [0.717, 1.165) is 11.3 Å². The summed E-state index contributed by atoms with van der Waals surface area (Å²) in [5.41, 5.74) is 2.32. The Kier molecular flexibility index (Phi) is 6.02. The first-order valence-electron chi connectivity index (χ1n) is 10.4. The molecule has 32 heavy (non-hydrogen) atoms. The maximum absolute atomic E-state index is 12.5. The Morgan fingerprint density at radius 3 is 2.28 bits per heavy atom. The highest BCUT2D eigenvalue weighted by Gasteiger charge is 2.32. The van der Waals surface area contributed by atoms with Crippen molar-refractivity contribution in [1.29, 1.82) is 0 Å². The molecule has 0 aromatic heterocycles. The molecule has 2 aliphatic rings. The number of amides is 3. The van der Waals surface area contributed by atoms with E-state index in [-0.39, 0.29) is 29.3 Å². The lowest BCUT2D eigenvalue weighted by atomic mass is 10.0. The highest BCUT2D eigenvalue weighted by atomic mass is 16.4. The predicted octanol–water partition coefficient (Wildman–Crippen LogP) is 3.16. The first-order valence-corrected chi connectivity index (χ1v) is 10.4. The second kappa shape index (κ2) is 9.05. The van der Waals surface area contributed by atoms with Crippen molar-refractivity contribution in [3.63, 3.8) is 0 Å². The van der Waals surface area contributed by atoms with Gasteiger partial charge in [-0.15, -0.1) is 0 Å². The van der Waals surface area contributed by atoms with Gasteiger partial charge in [0.15, 0.2) is 5.78 Å². The van der Waals surface area contributed by atoms with Gasteiger partial charge in [-0.25, -0.2) is 9.59 Å². The molecule has 1 fully saturated rings. The molecule has 0 radical (unpaired) electrons. The van der Waals surface area contributed by atoms with Gasteiger partial charge in [-0.1, -0.05) is 30.3 Å². The summed E-state index contributed by atoms with van der Waals surface area (Å²) in [6.07, 6.45) is 3.79. The number of carbonyl (C=O) groups is 4. The van der Waals surface area contributed by atoms with Gasteiger partial charge in [0.2, 0.25) is 5.91 Å². The van der Waals surface area contributed by atoms with Gasteiger partial charge in [0.25, 0.3) is 0 Å². The number of allylic oxidation sites excluding steroid dienone is 1. The Balaban J connectivity index is 1.31. The number of fused-ring (bicyclic) bond motifs is 1. The molecule has 164 valence electrons. The minimum Gasteiger partial charge on any atom is -0.478 e. The number of anilines is 1. The minimum atomic E-state index is -1.07. The van der Waals surface area contributed by atoms with Crippen LogP contribution in [0.15, 0.2) is 60.7 Å². The number of nitrogens with zero attached hydrogens (tertiary/aromatic N) is 2. The lowest BCUT2D eigenvalue weighted by Crippen LogP contribution is -2.50. The Morgan fingerprint density at radius 2 is 1.59 bits per heavy atom. The molecular weight excluding hydrogens is 410 g/mol. The van der Waals surface area contributed by atoms with E-state index in [1.54, 1.807) is 4.90 Å². The average Bonchev–Trinajstić information content (AvgIpc) is 2.82. The number of para-hydroxylation sites is 1. The van der Waals surface area contributed by atoms with Crippen LogP contribution in [0.5, 0.6) is 0 Å². The summed E-state index contributed by atoms with van der Waals surface area (Å²) in [6.45, 7) is 1.55. The number of nitrogens with one attached hydrogen (secondary N) is 1. The average molecular weight is 433 g/mol. The number of carboxylic acid groups (broad SMARTS) is 1. The summed E-state index contributed by atoms with van der Waals surface area (Å²) in [6, 6.07) is 13.2. The molecule has 0 spiro atoms. The van der Waals surface area contributed by atoms with Crippen molar-refractivity contribution < 1.29 is 24.3 Å². The molecule has 2 aromatic carbocycles. The normalized spacial score (nSPS) is 16.6. The number of likely N-dealkylation sites (tertiary alicyclic amines) is 1. The van der Waals surface area contributed by atoms with E-state index in [4.69, 9.17) is 5.11 Å². The molecular formula is C24H23N3O5. The monoisotopic (exact) mass is 433 g/mol. The molecule has 2 aliphatic heterocycles. The van der Waals surface area contributed by atoms with Crippen molar-refractivity contribution in [2.45, 2.75) is 25.4 Å². The highest BCUT2D eigenvalue weighted by Crippen LogP contribution is 2.27. The van der Waals surface area contributed by atoms with Crippen molar-refractivity contribution in [3.8, 4) is 0 Å². The van der Waals surface area contributed by atoms with Crippen LogP contribution < -0.4 is 5.32 Å². The number of benzene rings is 2. The van der Waals surface area contributed by atoms with Crippen molar-refractivity contribution in [2.24, 2.45) is 0 Å². The van der Waals surface area contributed by atoms with Gasteiger partial charge in [-0.05, 0) is 42.7 Å². The first-order chi connectivity index (χ1) is 15.4. The number of urea groups is 1. The van der Waals surface area contributed by atoms with Gasteiger partial charge in [0, 0.05) is 43.0 Å². The predicted molar refractivity (Wildman–Crippen MR) is 117 cm³/mol. The van der Waals surface area contributed by atoms with Crippen LogP contribution in [0.2, 0.25) is 0 Å². The molecule has 0 atom stereocenters. The molecule has 8 heteroatoms. The lowest BCUT2D eigenvalue weighted by molar-refractivity contribution is -0.127. The number of rotatable bonds is 5. The number of carbonyl (C=O) groups excluding carboxylic acids is 3. The number of piperidine rings is 1. The molecule has 2 N–H and O–H groups in total. The van der Waals surface area contributed by atoms with Gasteiger partial charge < -0.3 is 20.2 Å². The fraction of sp³-hybridized carbons (Fsp3) is 0.250. The number of carboxylic acids is 1. The van der Waals surface area contributed by atoms with E-state index in [0.29, 0.717) is 38.0 Å². The lowest BCUT2D eigenvalue weighted by Gasteiger charge is -2.40. The number of ketones is 1. The zero-order chi connectivity index (χ0) is 22.7. The van der Waals surface area contributed by atoms with Crippen molar-refractivity contribution in [1.82, 2.24) is 9.80 Å². The third-order valence-electron chi connectivity index (χ3n) is 5.87. The standard InChI is InChI=1S/C24H23N3O5/c28-21(16-5-7-17(8-6-16)23(30)31)9-10-22(29)26-13-11-19(12-14-26)27-15-18-3-1-2-4-20(18)25-24(27)32/h1-10,19H,11-15H2,(H,25,32)(H,30,31). The zero-order valence-electron chi connectivity index (χ0n) is 17.4. The first kappa shape index (κ1) is 21.3. The van der Waals surface area contributed by atoms with E-state index in [2.05, 4.69) is 5.32 Å². The molecule has 0 saturated carbocycles. The highest BCUT2D eigenvalue weighted by molar-refractivity contribution is 6.08. The minimum absolute atomic E-state index is 0.0470. The SMILES string of the molecule is O=C(O)c1ccc(C(=O)C=CC(=O)N2CCC(N3Cc4ccccc4NC3=O)CC2)cc1. The maximum atomic E-state index is 12.5. The largest absolute Gasteiger partial charge is 0.478 e. The summed E-state index contributed by atoms with van der Waals surface area (Å²) in [4.78, 5) is 51.6. The summed E-state index contributed by atoms with van der Waals surface area (Å²) >= 11 is 0. The van der Waals surface area contributed by atoms with E-state index >= 15 is 0 Å². The van der Waals surface area contributed by atoms with Gasteiger partial charge in [0.05, 0.1) is 5.56 Å². The third kappa shape index (κ3) is 4.54. The molecule has 2 heterocycles. The molecule has 0 unspecified atom stereocenters. The third-order valence-corrected chi connectivity index (χ3v) is 5.87. The van der Waals surface area contributed by atoms with Crippen LogP contribution in [0.1, 0.15) is 39.1 Å². The Bertz CT molecular complexity index is 1090. The summed E-state index contributed by atoms with van der Waals surface area (Å²) in [5.74, 6) is -1.69. The van der Waals surface area contributed by atoms with Crippen molar-refractivity contribution in [3.05, 3.63) is 77.4 Å². The van der Waals surface area contributed by atoms with Crippen molar-refractivity contribution >= 4 is 29.4 Å². The summed E-state index contributed by atoms with van der Waals surface area (Å²) in [7, 11) is 0. The molecule has 0 aliphatic carbocycles. The van der Waals surface area contributed by atoms with Crippen LogP contribution in [0.3, 0.4) is 0 Å². The maximum Gasteiger partial charge on any atom is 0.335 e. The number of hydrogen-bond donors (Lipinski definition) is 2. The van der Waals surface area contributed by atoms with Crippen LogP contribution in [0.4, 0.5) is 10.5 Å². The molecule has 1 saturated heterocycles.